The summed E-state index contributed by atoms with van der Waals surface area (Å²) in [7, 11) is 0. The van der Waals surface area contributed by atoms with Crippen LogP contribution in [0.4, 0.5) is 0 Å². The van der Waals surface area contributed by atoms with Crippen molar-refractivity contribution in [1.29, 1.82) is 0 Å². The van der Waals surface area contributed by atoms with Crippen LogP contribution in [0.15, 0.2) is 22.8 Å². The second-order valence-electron chi connectivity index (χ2n) is 4.42. The van der Waals surface area contributed by atoms with Gasteiger partial charge in [-0.3, -0.25) is 0 Å². The maximum atomic E-state index is 2.50. The minimum Gasteiger partial charge on any atom is -0.0659 e. The van der Waals surface area contributed by atoms with Crippen molar-refractivity contribution in [3.63, 3.8) is 0 Å². The molecule has 0 unspecified atom stereocenters. The van der Waals surface area contributed by atoms with Crippen LogP contribution < -0.4 is 0 Å². The molecule has 0 saturated heterocycles. The normalized spacial score (nSPS) is 21.8. The summed E-state index contributed by atoms with van der Waals surface area (Å²) < 4.78 is 0. The molecule has 0 fully saturated rings. The lowest BCUT2D eigenvalue weighted by Crippen LogP contribution is -1.93. The van der Waals surface area contributed by atoms with Crippen LogP contribution in [-0.4, -0.2) is 0 Å². The molecule has 0 bridgehead atoms. The van der Waals surface area contributed by atoms with Crippen molar-refractivity contribution in [3.05, 3.63) is 22.8 Å². The summed E-state index contributed by atoms with van der Waals surface area (Å²) in [5, 5.41) is 0. The highest BCUT2D eigenvalue weighted by molar-refractivity contribution is 5.40. The van der Waals surface area contributed by atoms with Crippen LogP contribution in [-0.2, 0) is 0 Å². The lowest BCUT2D eigenvalue weighted by atomic mass is 9.93. The Hall–Kier alpha value is -0.520. The fourth-order valence-electron chi connectivity index (χ4n) is 2.50. The Labute approximate surface area is 81.7 Å². The first kappa shape index (κ1) is 9.05. The van der Waals surface area contributed by atoms with Crippen LogP contribution >= 0.6 is 0 Å². The zero-order valence-corrected chi connectivity index (χ0v) is 8.73. The SMILES string of the molecule is CCCCC1=CC2=C(CCCC2)C1. The van der Waals surface area contributed by atoms with Gasteiger partial charge in [-0.15, -0.1) is 0 Å². The van der Waals surface area contributed by atoms with Crippen LogP contribution in [0.5, 0.6) is 0 Å². The highest BCUT2D eigenvalue weighted by atomic mass is 14.2. The third-order valence-corrected chi connectivity index (χ3v) is 3.30. The van der Waals surface area contributed by atoms with E-state index in [1.54, 1.807) is 16.7 Å². The summed E-state index contributed by atoms with van der Waals surface area (Å²) in [4.78, 5) is 0. The highest BCUT2D eigenvalue weighted by Crippen LogP contribution is 2.37. The zero-order valence-electron chi connectivity index (χ0n) is 8.73. The Morgan fingerprint density at radius 1 is 1.23 bits per heavy atom. The van der Waals surface area contributed by atoms with E-state index >= 15 is 0 Å². The third-order valence-electron chi connectivity index (χ3n) is 3.30. The molecule has 2 aliphatic carbocycles. The number of rotatable bonds is 3. The van der Waals surface area contributed by atoms with E-state index in [0.717, 1.165) is 0 Å². The summed E-state index contributed by atoms with van der Waals surface area (Å²) in [6, 6.07) is 0. The fourth-order valence-corrected chi connectivity index (χ4v) is 2.50. The first-order valence-electron chi connectivity index (χ1n) is 5.80. The zero-order chi connectivity index (χ0) is 9.10. The largest absolute Gasteiger partial charge is 0.0659 e. The van der Waals surface area contributed by atoms with Gasteiger partial charge >= 0.3 is 0 Å². The second kappa shape index (κ2) is 4.13. The van der Waals surface area contributed by atoms with E-state index in [1.807, 2.05) is 0 Å². The first-order chi connectivity index (χ1) is 6.40. The average molecular weight is 176 g/mol. The third kappa shape index (κ3) is 2.04. The first-order valence-corrected chi connectivity index (χ1v) is 5.80. The van der Waals surface area contributed by atoms with Crippen LogP contribution in [0, 0.1) is 0 Å². The predicted octanol–water partition coefficient (Wildman–Crippen LogP) is 4.38. The van der Waals surface area contributed by atoms with Crippen molar-refractivity contribution in [3.8, 4) is 0 Å². The minimum atomic E-state index is 1.33. The van der Waals surface area contributed by atoms with E-state index in [-0.39, 0.29) is 0 Å². The second-order valence-corrected chi connectivity index (χ2v) is 4.42. The van der Waals surface area contributed by atoms with Gasteiger partial charge in [-0.05, 0) is 50.5 Å². The highest BCUT2D eigenvalue weighted by Gasteiger charge is 2.17. The van der Waals surface area contributed by atoms with Crippen molar-refractivity contribution in [1.82, 2.24) is 0 Å². The van der Waals surface area contributed by atoms with Crippen molar-refractivity contribution >= 4 is 0 Å². The summed E-state index contributed by atoms with van der Waals surface area (Å²) in [6.07, 6.45) is 13.5. The molecule has 0 spiro atoms. The van der Waals surface area contributed by atoms with Crippen molar-refractivity contribution < 1.29 is 0 Å². The standard InChI is InChI=1S/C13H20/c1-2-3-6-11-9-12-7-4-5-8-13(12)10-11/h9H,2-8,10H2,1H3. The molecule has 0 aliphatic heterocycles. The lowest BCUT2D eigenvalue weighted by molar-refractivity contribution is 0.676. The van der Waals surface area contributed by atoms with E-state index in [4.69, 9.17) is 0 Å². The lowest BCUT2D eigenvalue weighted by Gasteiger charge is -2.12. The monoisotopic (exact) mass is 176 g/mol. The van der Waals surface area contributed by atoms with Crippen LogP contribution in [0.1, 0.15) is 58.3 Å². The van der Waals surface area contributed by atoms with Crippen LogP contribution in [0.2, 0.25) is 0 Å². The molecule has 0 aromatic carbocycles. The summed E-state index contributed by atoms with van der Waals surface area (Å²) in [5.41, 5.74) is 5.20. The van der Waals surface area contributed by atoms with Gasteiger partial charge in [0.15, 0.2) is 0 Å². The van der Waals surface area contributed by atoms with Crippen molar-refractivity contribution in [2.24, 2.45) is 0 Å². The van der Waals surface area contributed by atoms with Gasteiger partial charge in [0.1, 0.15) is 0 Å². The fraction of sp³-hybridized carbons (Fsp3) is 0.692. The Morgan fingerprint density at radius 2 is 2.08 bits per heavy atom. The van der Waals surface area contributed by atoms with E-state index in [1.165, 1.54) is 51.4 Å². The van der Waals surface area contributed by atoms with Gasteiger partial charge in [-0.1, -0.05) is 30.6 Å². The maximum absolute atomic E-state index is 2.50. The number of hydrogen-bond acceptors (Lipinski definition) is 0. The molecule has 72 valence electrons. The molecule has 0 heteroatoms. The number of unbranched alkanes of at least 4 members (excludes halogenated alkanes) is 1. The van der Waals surface area contributed by atoms with Gasteiger partial charge in [-0.25, -0.2) is 0 Å². The minimum absolute atomic E-state index is 1.33. The van der Waals surface area contributed by atoms with E-state index in [9.17, 15) is 0 Å². The average Bonchev–Trinajstić information content (AvgIpc) is 2.57. The molecule has 0 saturated carbocycles. The quantitative estimate of drug-likeness (QED) is 0.598. The predicted molar refractivity (Wildman–Crippen MR) is 57.7 cm³/mol. The molecular formula is C13H20. The molecule has 2 rings (SSSR count). The van der Waals surface area contributed by atoms with Gasteiger partial charge in [0.25, 0.3) is 0 Å². The summed E-state index contributed by atoms with van der Waals surface area (Å²) >= 11 is 0. The van der Waals surface area contributed by atoms with Gasteiger partial charge in [0, 0.05) is 0 Å². The topological polar surface area (TPSA) is 0 Å². The molecule has 0 radical (unpaired) electrons. The van der Waals surface area contributed by atoms with Gasteiger partial charge in [0.05, 0.1) is 0 Å². The molecular weight excluding hydrogens is 156 g/mol. The van der Waals surface area contributed by atoms with E-state index in [2.05, 4.69) is 13.0 Å². The van der Waals surface area contributed by atoms with Crippen molar-refractivity contribution in [2.45, 2.75) is 58.3 Å². The summed E-state index contributed by atoms with van der Waals surface area (Å²) in [5.74, 6) is 0. The van der Waals surface area contributed by atoms with E-state index in [0.29, 0.717) is 0 Å². The maximum Gasteiger partial charge on any atom is -0.00994 e. The Kier molecular flexibility index (Phi) is 2.87. The molecule has 2 aliphatic rings. The smallest absolute Gasteiger partial charge is 0.00994 e. The Morgan fingerprint density at radius 3 is 2.85 bits per heavy atom. The molecule has 0 atom stereocenters. The van der Waals surface area contributed by atoms with E-state index < -0.39 is 0 Å². The Balaban J connectivity index is 1.92. The Bertz CT molecular complexity index is 243. The molecule has 13 heavy (non-hydrogen) atoms. The number of allylic oxidation sites excluding steroid dienone is 4. The van der Waals surface area contributed by atoms with Gasteiger partial charge < -0.3 is 0 Å². The van der Waals surface area contributed by atoms with Crippen LogP contribution in [0.25, 0.3) is 0 Å². The number of hydrogen-bond donors (Lipinski definition) is 0. The molecule has 0 heterocycles. The van der Waals surface area contributed by atoms with Crippen molar-refractivity contribution in [2.75, 3.05) is 0 Å². The molecule has 0 nitrogen and oxygen atoms in total. The summed E-state index contributed by atoms with van der Waals surface area (Å²) in [6.45, 7) is 2.28. The molecule has 0 amide bonds. The van der Waals surface area contributed by atoms with Gasteiger partial charge in [-0.2, -0.15) is 0 Å². The molecule has 0 aromatic heterocycles. The molecule has 0 aromatic rings. The molecule has 0 N–H and O–H groups in total. The van der Waals surface area contributed by atoms with Crippen LogP contribution in [0.3, 0.4) is 0 Å². The van der Waals surface area contributed by atoms with Gasteiger partial charge in [0.2, 0.25) is 0 Å².